The van der Waals surface area contributed by atoms with Crippen LogP contribution in [0.1, 0.15) is 27.2 Å². The molecule has 0 aliphatic carbocycles. The lowest BCUT2D eigenvalue weighted by Crippen LogP contribution is -2.18. The number of likely N-dealkylation sites (tertiary alicyclic amines) is 1. The van der Waals surface area contributed by atoms with Gasteiger partial charge >= 0.3 is 0 Å². The average Bonchev–Trinajstić information content (AvgIpc) is 2.54. The monoisotopic (exact) mass is 175 g/mol. The van der Waals surface area contributed by atoms with Gasteiger partial charge in [0.05, 0.1) is 6.67 Å². The molecule has 1 aliphatic rings. The zero-order valence-corrected chi connectivity index (χ0v) is 8.81. The molecule has 0 amide bonds. The van der Waals surface area contributed by atoms with Crippen molar-refractivity contribution in [3.05, 3.63) is 0 Å². The zero-order valence-electron chi connectivity index (χ0n) is 8.81. The number of hydrogen-bond donors (Lipinski definition) is 0. The quantitative estimate of drug-likeness (QED) is 0.623. The molecule has 0 saturated carbocycles. The summed E-state index contributed by atoms with van der Waals surface area (Å²) in [4.78, 5) is 2.27. The van der Waals surface area contributed by atoms with E-state index in [-0.39, 0.29) is 12.6 Å². The summed E-state index contributed by atoms with van der Waals surface area (Å²) in [6.45, 7) is 8.09. The van der Waals surface area contributed by atoms with E-state index < -0.39 is 0 Å². The standard InChI is InChI=1S/C8H16FN.C2H6/c1-7(5-9)8-3-4-10(2)6-8;1-2/h7-8H,3-6H2,1-2H3;1-2H3. The van der Waals surface area contributed by atoms with Crippen LogP contribution in [-0.2, 0) is 0 Å². The number of rotatable bonds is 2. The number of hydrogen-bond acceptors (Lipinski definition) is 1. The van der Waals surface area contributed by atoms with E-state index in [1.165, 1.54) is 6.42 Å². The highest BCUT2D eigenvalue weighted by atomic mass is 19.1. The van der Waals surface area contributed by atoms with Crippen molar-refractivity contribution in [2.75, 3.05) is 26.8 Å². The Balaban J connectivity index is 0.000000561. The SMILES string of the molecule is CC.CC(CF)C1CCN(C)C1. The normalized spacial score (nSPS) is 26.2. The van der Waals surface area contributed by atoms with Gasteiger partial charge in [0.1, 0.15) is 0 Å². The minimum Gasteiger partial charge on any atom is -0.306 e. The summed E-state index contributed by atoms with van der Waals surface area (Å²) in [5.74, 6) is 0.875. The Morgan fingerprint density at radius 2 is 2.08 bits per heavy atom. The maximum absolute atomic E-state index is 12.1. The highest BCUT2D eigenvalue weighted by molar-refractivity contribution is 4.76. The van der Waals surface area contributed by atoms with Crippen molar-refractivity contribution in [1.82, 2.24) is 4.90 Å². The lowest BCUT2D eigenvalue weighted by atomic mass is 9.95. The molecule has 74 valence electrons. The smallest absolute Gasteiger partial charge is 0.0923 e. The van der Waals surface area contributed by atoms with Crippen molar-refractivity contribution in [3.63, 3.8) is 0 Å². The van der Waals surface area contributed by atoms with Gasteiger partial charge in [-0.3, -0.25) is 4.39 Å². The summed E-state index contributed by atoms with van der Waals surface area (Å²) < 4.78 is 12.1. The van der Waals surface area contributed by atoms with Gasteiger partial charge < -0.3 is 4.90 Å². The molecule has 1 aliphatic heterocycles. The van der Waals surface area contributed by atoms with Gasteiger partial charge in [0.15, 0.2) is 0 Å². The van der Waals surface area contributed by atoms with E-state index in [1.54, 1.807) is 0 Å². The molecule has 1 saturated heterocycles. The molecular formula is C10H22FN. The Kier molecular flexibility index (Phi) is 6.35. The van der Waals surface area contributed by atoms with Crippen LogP contribution in [0.25, 0.3) is 0 Å². The Bertz CT molecular complexity index is 106. The molecular weight excluding hydrogens is 153 g/mol. The van der Waals surface area contributed by atoms with E-state index in [4.69, 9.17) is 0 Å². The second-order valence-electron chi connectivity index (χ2n) is 3.44. The lowest BCUT2D eigenvalue weighted by molar-refractivity contribution is 0.276. The van der Waals surface area contributed by atoms with Gasteiger partial charge in [-0.25, -0.2) is 0 Å². The van der Waals surface area contributed by atoms with Gasteiger partial charge in [0, 0.05) is 6.54 Å². The molecule has 2 atom stereocenters. The van der Waals surface area contributed by atoms with Gasteiger partial charge in [0.2, 0.25) is 0 Å². The van der Waals surface area contributed by atoms with Crippen molar-refractivity contribution in [2.24, 2.45) is 11.8 Å². The van der Waals surface area contributed by atoms with E-state index in [0.717, 1.165) is 13.1 Å². The fourth-order valence-corrected chi connectivity index (χ4v) is 1.56. The van der Waals surface area contributed by atoms with Crippen LogP contribution in [0.3, 0.4) is 0 Å². The maximum Gasteiger partial charge on any atom is 0.0923 e. The predicted octanol–water partition coefficient (Wildman–Crippen LogP) is 2.57. The Morgan fingerprint density at radius 3 is 2.42 bits per heavy atom. The highest BCUT2D eigenvalue weighted by Gasteiger charge is 2.24. The van der Waals surface area contributed by atoms with Gasteiger partial charge in [-0.2, -0.15) is 0 Å². The van der Waals surface area contributed by atoms with Gasteiger partial charge in [-0.15, -0.1) is 0 Å². The van der Waals surface area contributed by atoms with Crippen LogP contribution in [0.15, 0.2) is 0 Å². The Hall–Kier alpha value is -0.110. The van der Waals surface area contributed by atoms with Crippen molar-refractivity contribution in [1.29, 1.82) is 0 Å². The zero-order chi connectivity index (χ0) is 9.56. The molecule has 12 heavy (non-hydrogen) atoms. The van der Waals surface area contributed by atoms with Crippen molar-refractivity contribution in [2.45, 2.75) is 27.2 Å². The van der Waals surface area contributed by atoms with Crippen LogP contribution in [0.2, 0.25) is 0 Å². The molecule has 1 nitrogen and oxygen atoms in total. The maximum atomic E-state index is 12.1. The van der Waals surface area contributed by atoms with Crippen LogP contribution < -0.4 is 0 Å². The highest BCUT2D eigenvalue weighted by Crippen LogP contribution is 2.22. The fourth-order valence-electron chi connectivity index (χ4n) is 1.56. The third-order valence-corrected chi connectivity index (χ3v) is 2.48. The van der Waals surface area contributed by atoms with Crippen molar-refractivity contribution < 1.29 is 4.39 Å². The van der Waals surface area contributed by atoms with E-state index in [9.17, 15) is 4.39 Å². The van der Waals surface area contributed by atoms with E-state index in [0.29, 0.717) is 5.92 Å². The van der Waals surface area contributed by atoms with Crippen LogP contribution >= 0.6 is 0 Å². The summed E-state index contributed by atoms with van der Waals surface area (Å²) in [7, 11) is 2.10. The van der Waals surface area contributed by atoms with Crippen molar-refractivity contribution >= 4 is 0 Å². The van der Waals surface area contributed by atoms with Crippen LogP contribution in [0.5, 0.6) is 0 Å². The summed E-state index contributed by atoms with van der Waals surface area (Å²) >= 11 is 0. The Morgan fingerprint density at radius 1 is 1.50 bits per heavy atom. The van der Waals surface area contributed by atoms with Gasteiger partial charge in [-0.05, 0) is 31.8 Å². The third kappa shape index (κ3) is 3.53. The summed E-state index contributed by atoms with van der Waals surface area (Å²) in [6, 6.07) is 0. The predicted molar refractivity (Wildman–Crippen MR) is 52.1 cm³/mol. The third-order valence-electron chi connectivity index (χ3n) is 2.48. The first-order valence-corrected chi connectivity index (χ1v) is 4.98. The number of nitrogens with zero attached hydrogens (tertiary/aromatic N) is 1. The number of halogens is 1. The Labute approximate surface area is 75.9 Å². The molecule has 0 aromatic heterocycles. The van der Waals surface area contributed by atoms with Gasteiger partial charge in [0.25, 0.3) is 0 Å². The second kappa shape index (κ2) is 6.41. The average molecular weight is 175 g/mol. The minimum atomic E-state index is -0.154. The minimum absolute atomic E-state index is 0.154. The molecule has 1 heterocycles. The largest absolute Gasteiger partial charge is 0.306 e. The first-order chi connectivity index (χ1) is 5.74. The molecule has 2 heteroatoms. The fraction of sp³-hybridized carbons (Fsp3) is 1.00. The molecule has 1 fully saturated rings. The molecule has 0 radical (unpaired) electrons. The second-order valence-corrected chi connectivity index (χ2v) is 3.44. The van der Waals surface area contributed by atoms with Crippen LogP contribution in [0, 0.1) is 11.8 Å². The molecule has 0 N–H and O–H groups in total. The van der Waals surface area contributed by atoms with Gasteiger partial charge in [-0.1, -0.05) is 20.8 Å². The molecule has 0 aromatic rings. The van der Waals surface area contributed by atoms with E-state index in [1.807, 2.05) is 20.8 Å². The van der Waals surface area contributed by atoms with Crippen LogP contribution in [-0.4, -0.2) is 31.7 Å². The first kappa shape index (κ1) is 11.9. The van der Waals surface area contributed by atoms with E-state index in [2.05, 4.69) is 11.9 Å². The number of alkyl halides is 1. The topological polar surface area (TPSA) is 3.24 Å². The summed E-state index contributed by atoms with van der Waals surface area (Å²) in [5.41, 5.74) is 0. The molecule has 0 bridgehead atoms. The van der Waals surface area contributed by atoms with Crippen molar-refractivity contribution in [3.8, 4) is 0 Å². The summed E-state index contributed by atoms with van der Waals surface area (Å²) in [5, 5.41) is 0. The molecule has 0 spiro atoms. The van der Waals surface area contributed by atoms with Crippen LogP contribution in [0.4, 0.5) is 4.39 Å². The molecule has 2 unspecified atom stereocenters. The lowest BCUT2D eigenvalue weighted by Gasteiger charge is -2.14. The van der Waals surface area contributed by atoms with E-state index >= 15 is 0 Å². The molecule has 1 rings (SSSR count). The first-order valence-electron chi connectivity index (χ1n) is 4.98. The summed E-state index contributed by atoms with van der Waals surface area (Å²) in [6.07, 6.45) is 1.18. The molecule has 0 aromatic carbocycles.